The minimum atomic E-state index is -0.0278. The molecule has 2 atom stereocenters. The maximum Gasteiger partial charge on any atom is 0.0521 e. The molecule has 0 saturated carbocycles. The number of rotatable bonds is 0. The summed E-state index contributed by atoms with van der Waals surface area (Å²) in [5.74, 6) is 0. The van der Waals surface area contributed by atoms with Gasteiger partial charge in [-0.1, -0.05) is 0 Å². The molecule has 2 unspecified atom stereocenters. The van der Waals surface area contributed by atoms with E-state index in [1.54, 1.807) is 0 Å². The average molecular weight is 371 g/mol. The normalized spacial score (nSPS) is 30.4. The monoisotopic (exact) mass is 370 g/mol. The Kier molecular flexibility index (Phi) is 6.71. The van der Waals surface area contributed by atoms with Crippen LogP contribution in [0, 0.1) is 6.08 Å². The van der Waals surface area contributed by atoms with Gasteiger partial charge in [-0.2, -0.15) is 0 Å². The molecule has 1 aliphatic carbocycles. The number of hydrogen-bond acceptors (Lipinski definition) is 0. The van der Waals surface area contributed by atoms with E-state index < -0.39 is 0 Å². The molecule has 0 aromatic heterocycles. The van der Waals surface area contributed by atoms with Crippen molar-refractivity contribution in [3.05, 3.63) is 24.3 Å². The third kappa shape index (κ3) is 4.35. The smallest absolute Gasteiger partial charge is 0.0521 e. The molecule has 0 aromatic rings. The van der Waals surface area contributed by atoms with Crippen LogP contribution in [0.1, 0.15) is 12.8 Å². The molecule has 11 heavy (non-hydrogen) atoms. The summed E-state index contributed by atoms with van der Waals surface area (Å²) in [5, 5.41) is 0.0270. The largest absolute Gasteiger partial charge is 0.275 e. The molecule has 0 fully saturated rings. The van der Waals surface area contributed by atoms with E-state index in [-0.39, 0.29) is 31.8 Å². The van der Waals surface area contributed by atoms with Gasteiger partial charge in [-0.25, -0.2) is 12.2 Å². The minimum Gasteiger partial charge on any atom is -0.275 e. The van der Waals surface area contributed by atoms with Gasteiger partial charge in [0.05, 0.1) is 10.8 Å². The van der Waals surface area contributed by atoms with E-state index in [0.29, 0.717) is 0 Å². The summed E-state index contributed by atoms with van der Waals surface area (Å²) in [5.41, 5.74) is 0. The van der Waals surface area contributed by atoms with Crippen molar-refractivity contribution in [1.29, 1.82) is 0 Å². The Balaban J connectivity index is 0.000001000. The summed E-state index contributed by atoms with van der Waals surface area (Å²) in [7, 11) is 0. The summed E-state index contributed by atoms with van der Waals surface area (Å²) in [6, 6.07) is 0. The Morgan fingerprint density at radius 3 is 2.82 bits per heavy atom. The number of alkyl halides is 2. The van der Waals surface area contributed by atoms with Crippen LogP contribution >= 0.6 is 23.2 Å². The van der Waals surface area contributed by atoms with E-state index in [0.717, 1.165) is 12.8 Å². The molecule has 0 heterocycles. The van der Waals surface area contributed by atoms with Crippen LogP contribution in [0.4, 0.5) is 0 Å². The van der Waals surface area contributed by atoms with E-state index in [1.807, 2.05) is 18.2 Å². The van der Waals surface area contributed by atoms with E-state index in [9.17, 15) is 0 Å². The van der Waals surface area contributed by atoms with Crippen LogP contribution in [0.2, 0.25) is 0 Å². The first-order valence-electron chi connectivity index (χ1n) is 3.32. The maximum absolute atomic E-state index is 5.91. The van der Waals surface area contributed by atoms with Gasteiger partial charge in [-0.05, 0) is 6.42 Å². The Hall–Kier alpha value is 0.748. The molecule has 0 nitrogen and oxygen atoms in total. The van der Waals surface area contributed by atoms with Crippen molar-refractivity contribution in [2.75, 3.05) is 0 Å². The van der Waals surface area contributed by atoms with Crippen molar-refractivity contribution in [3.63, 3.8) is 0 Å². The molecular formula is C8H9Cl2Pt-. The zero-order valence-corrected chi connectivity index (χ0v) is 9.66. The van der Waals surface area contributed by atoms with Crippen LogP contribution in [0.15, 0.2) is 18.2 Å². The third-order valence-electron chi connectivity index (χ3n) is 1.42. The first-order valence-corrected chi connectivity index (χ1v) is 4.19. The summed E-state index contributed by atoms with van der Waals surface area (Å²) < 4.78 is 0. The van der Waals surface area contributed by atoms with Crippen LogP contribution in [0.5, 0.6) is 0 Å². The second-order valence-corrected chi connectivity index (χ2v) is 3.32. The first kappa shape index (κ1) is 11.7. The summed E-state index contributed by atoms with van der Waals surface area (Å²) in [4.78, 5) is 0. The molecule has 0 saturated heterocycles. The van der Waals surface area contributed by atoms with Crippen molar-refractivity contribution in [1.82, 2.24) is 0 Å². The molecule has 0 amide bonds. The zero-order chi connectivity index (χ0) is 7.40. The molecule has 1 rings (SSSR count). The van der Waals surface area contributed by atoms with E-state index in [4.69, 9.17) is 23.2 Å². The van der Waals surface area contributed by atoms with Crippen LogP contribution < -0.4 is 0 Å². The van der Waals surface area contributed by atoms with E-state index in [2.05, 4.69) is 6.08 Å². The quantitative estimate of drug-likeness (QED) is 0.454. The topological polar surface area (TPSA) is 0 Å². The molecule has 0 radical (unpaired) electrons. The van der Waals surface area contributed by atoms with Gasteiger partial charge in [0.15, 0.2) is 0 Å². The van der Waals surface area contributed by atoms with Gasteiger partial charge in [-0.3, -0.25) is 6.08 Å². The fourth-order valence-electron chi connectivity index (χ4n) is 0.814. The molecule has 0 N–H and O–H groups in total. The molecule has 0 bridgehead atoms. The fourth-order valence-corrected chi connectivity index (χ4v) is 1.22. The zero-order valence-electron chi connectivity index (χ0n) is 5.87. The van der Waals surface area contributed by atoms with E-state index >= 15 is 0 Å². The standard InChI is InChI=1S/C8H9Cl2.Pt/c9-7-5-3-1-2-4-6-8(7)10;/h1,3,5,7-8H,4,6H2;/q-1;. The number of hydrogen-bond donors (Lipinski definition) is 0. The molecule has 66 valence electrons. The van der Waals surface area contributed by atoms with E-state index in [1.165, 1.54) is 0 Å². The first-order chi connectivity index (χ1) is 4.80. The second-order valence-electron chi connectivity index (χ2n) is 2.25. The van der Waals surface area contributed by atoms with Gasteiger partial charge in [0.1, 0.15) is 0 Å². The number of halogens is 2. The van der Waals surface area contributed by atoms with Crippen molar-refractivity contribution < 1.29 is 21.1 Å². The molecule has 0 aromatic carbocycles. The average Bonchev–Trinajstić information content (AvgIpc) is 1.92. The molecule has 0 spiro atoms. The molecule has 0 aliphatic heterocycles. The second kappa shape index (κ2) is 6.28. The van der Waals surface area contributed by atoms with Crippen molar-refractivity contribution in [2.24, 2.45) is 0 Å². The van der Waals surface area contributed by atoms with Crippen molar-refractivity contribution >= 4 is 23.2 Å². The van der Waals surface area contributed by atoms with Gasteiger partial charge >= 0.3 is 0 Å². The summed E-state index contributed by atoms with van der Waals surface area (Å²) >= 11 is 11.8. The predicted molar refractivity (Wildman–Crippen MR) is 45.5 cm³/mol. The van der Waals surface area contributed by atoms with Crippen LogP contribution in [-0.2, 0) is 21.1 Å². The fraction of sp³-hybridized carbons (Fsp3) is 0.500. The predicted octanol–water partition coefficient (Wildman–Crippen LogP) is 2.91. The Morgan fingerprint density at radius 2 is 2.09 bits per heavy atom. The van der Waals surface area contributed by atoms with Gasteiger partial charge in [0.2, 0.25) is 0 Å². The Labute approximate surface area is 91.9 Å². The van der Waals surface area contributed by atoms with Crippen LogP contribution in [0.3, 0.4) is 0 Å². The van der Waals surface area contributed by atoms with Gasteiger partial charge in [0, 0.05) is 21.1 Å². The van der Waals surface area contributed by atoms with Crippen molar-refractivity contribution in [2.45, 2.75) is 23.6 Å². The third-order valence-corrected chi connectivity index (χ3v) is 2.49. The van der Waals surface area contributed by atoms with Crippen molar-refractivity contribution in [3.8, 4) is 0 Å². The molecular weight excluding hydrogens is 362 g/mol. The van der Waals surface area contributed by atoms with Gasteiger partial charge in [0.25, 0.3) is 0 Å². The van der Waals surface area contributed by atoms with Crippen LogP contribution in [0.25, 0.3) is 0 Å². The SMILES string of the molecule is ClC1C=CC=[C-]CCC1Cl.[Pt]. The Bertz CT molecular complexity index is 154. The minimum absolute atomic E-state index is 0. The maximum atomic E-state index is 5.91. The Morgan fingerprint density at radius 1 is 1.36 bits per heavy atom. The molecule has 1 aliphatic rings. The van der Waals surface area contributed by atoms with Gasteiger partial charge in [-0.15, -0.1) is 35.7 Å². The summed E-state index contributed by atoms with van der Waals surface area (Å²) in [6.45, 7) is 0. The van der Waals surface area contributed by atoms with Crippen LogP contribution in [-0.4, -0.2) is 10.8 Å². The number of allylic oxidation sites excluding steroid dienone is 4. The molecule has 3 heteroatoms. The summed E-state index contributed by atoms with van der Waals surface area (Å²) in [6.07, 6.45) is 10.6. The van der Waals surface area contributed by atoms with Gasteiger partial charge < -0.3 is 0 Å².